The maximum atomic E-state index is 13.9. The van der Waals surface area contributed by atoms with Crippen molar-refractivity contribution in [3.8, 4) is 0 Å². The molecule has 2 aromatic carbocycles. The molecule has 1 amide bonds. The summed E-state index contributed by atoms with van der Waals surface area (Å²) < 4.78 is 27.8. The van der Waals surface area contributed by atoms with Crippen LogP contribution in [-0.2, 0) is 17.4 Å². The zero-order valence-corrected chi connectivity index (χ0v) is 23.2. The van der Waals surface area contributed by atoms with Crippen molar-refractivity contribution in [2.75, 3.05) is 6.54 Å². The van der Waals surface area contributed by atoms with Crippen molar-refractivity contribution >= 4 is 17.2 Å². The predicted molar refractivity (Wildman–Crippen MR) is 150 cm³/mol. The molecule has 1 saturated carbocycles. The number of hydrogen-bond acceptors (Lipinski definition) is 4. The Morgan fingerprint density at radius 2 is 1.74 bits per heavy atom. The molecule has 1 heterocycles. The van der Waals surface area contributed by atoms with Crippen molar-refractivity contribution in [1.29, 1.82) is 0 Å². The molecule has 1 aromatic heterocycles. The largest absolute Gasteiger partial charge is 0.390 e. The van der Waals surface area contributed by atoms with Crippen LogP contribution in [0.2, 0.25) is 0 Å². The van der Waals surface area contributed by atoms with Crippen LogP contribution < -0.4 is 10.6 Å². The van der Waals surface area contributed by atoms with Gasteiger partial charge in [-0.1, -0.05) is 70.4 Å². The molecule has 2 atom stereocenters. The fraction of sp³-hybridized carbons (Fsp3) is 0.452. The summed E-state index contributed by atoms with van der Waals surface area (Å²) in [7, 11) is 0. The minimum atomic E-state index is -0.977. The third-order valence-corrected chi connectivity index (χ3v) is 8.41. The van der Waals surface area contributed by atoms with Gasteiger partial charge in [-0.15, -0.1) is 11.3 Å². The molecular formula is C31H38F2N2O2S. The second kappa shape index (κ2) is 12.1. The lowest BCUT2D eigenvalue weighted by Crippen LogP contribution is -2.53. The smallest absolute Gasteiger partial charge is 0.261 e. The fourth-order valence-corrected chi connectivity index (χ4v) is 5.99. The van der Waals surface area contributed by atoms with E-state index in [1.54, 1.807) is 12.1 Å². The lowest BCUT2D eigenvalue weighted by molar-refractivity contribution is 0.0792. The number of aliphatic hydroxyl groups is 1. The molecule has 3 aromatic rings. The van der Waals surface area contributed by atoms with Gasteiger partial charge in [0.05, 0.1) is 17.0 Å². The van der Waals surface area contributed by atoms with E-state index in [1.165, 1.54) is 41.0 Å². The lowest BCUT2D eigenvalue weighted by atomic mass is 9.74. The van der Waals surface area contributed by atoms with Gasteiger partial charge in [-0.3, -0.25) is 4.79 Å². The number of aliphatic hydroxyl groups excluding tert-OH is 1. The minimum absolute atomic E-state index is 0.0166. The van der Waals surface area contributed by atoms with Gasteiger partial charge in [0.25, 0.3) is 5.91 Å². The van der Waals surface area contributed by atoms with Gasteiger partial charge in [0.15, 0.2) is 0 Å². The third kappa shape index (κ3) is 7.07. The molecule has 0 bridgehead atoms. The van der Waals surface area contributed by atoms with E-state index in [0.717, 1.165) is 31.7 Å². The molecule has 1 aliphatic rings. The third-order valence-electron chi connectivity index (χ3n) is 7.54. The number of amides is 1. The van der Waals surface area contributed by atoms with Crippen molar-refractivity contribution in [3.63, 3.8) is 0 Å². The van der Waals surface area contributed by atoms with Crippen molar-refractivity contribution in [2.45, 2.75) is 82.4 Å². The van der Waals surface area contributed by atoms with Gasteiger partial charge in [-0.25, -0.2) is 8.78 Å². The number of rotatable bonds is 9. The number of nitrogens with one attached hydrogen (secondary N) is 2. The Kier molecular flexibility index (Phi) is 9.01. The van der Waals surface area contributed by atoms with Crippen LogP contribution in [0, 0.1) is 11.6 Å². The van der Waals surface area contributed by atoms with Crippen LogP contribution in [0.25, 0.3) is 0 Å². The molecule has 1 aliphatic carbocycles. The van der Waals surface area contributed by atoms with Crippen molar-refractivity contribution in [1.82, 2.24) is 10.6 Å². The summed E-state index contributed by atoms with van der Waals surface area (Å²) in [5.41, 5.74) is 2.58. The van der Waals surface area contributed by atoms with Crippen LogP contribution in [0.3, 0.4) is 0 Å². The maximum Gasteiger partial charge on any atom is 0.261 e. The van der Waals surface area contributed by atoms with Crippen LogP contribution in [0.1, 0.15) is 79.2 Å². The van der Waals surface area contributed by atoms with Gasteiger partial charge in [0.1, 0.15) is 11.6 Å². The van der Waals surface area contributed by atoms with Crippen LogP contribution in [0.5, 0.6) is 0 Å². The van der Waals surface area contributed by atoms with Crippen molar-refractivity contribution < 1.29 is 18.7 Å². The first-order valence-corrected chi connectivity index (χ1v) is 14.3. The Bertz CT molecular complexity index is 1200. The van der Waals surface area contributed by atoms with Gasteiger partial charge in [-0.2, -0.15) is 0 Å². The Hall–Kier alpha value is -2.61. The number of benzene rings is 2. The molecule has 0 spiro atoms. The highest BCUT2D eigenvalue weighted by molar-refractivity contribution is 7.12. The molecule has 4 nitrogen and oxygen atoms in total. The van der Waals surface area contributed by atoms with Crippen molar-refractivity contribution in [3.05, 3.63) is 93.2 Å². The molecular weight excluding hydrogens is 502 g/mol. The standard InChI is InChI=1S/C31H38F2N2O2S/c1-30(2,3)22-9-7-10-23(18-22)31(12-5-4-6-13-31)34-20-27(36)26(35-29(37)28-11-8-14-38-28)17-21-15-24(32)19-25(33)16-21/h7-11,14-16,18-19,26-27,34,36H,4-6,12-13,17,20H2,1-3H3,(H,35,37). The quantitative estimate of drug-likeness (QED) is 0.291. The molecule has 2 unspecified atom stereocenters. The van der Waals surface area contributed by atoms with E-state index in [1.807, 2.05) is 5.38 Å². The number of carbonyl (C=O) groups is 1. The SMILES string of the molecule is CC(C)(C)c1cccc(C2(NCC(O)C(Cc3cc(F)cc(F)c3)NC(=O)c3cccs3)CCCCC2)c1. The molecule has 0 saturated heterocycles. The molecule has 0 radical (unpaired) electrons. The topological polar surface area (TPSA) is 61.4 Å². The van der Waals surface area contributed by atoms with Crippen LogP contribution in [-0.4, -0.2) is 29.7 Å². The highest BCUT2D eigenvalue weighted by Crippen LogP contribution is 2.38. The average molecular weight is 541 g/mol. The van der Waals surface area contributed by atoms with Gasteiger partial charge in [-0.05, 0) is 64.9 Å². The Labute approximate surface area is 228 Å². The Morgan fingerprint density at radius 3 is 2.37 bits per heavy atom. The molecule has 7 heteroatoms. The number of thiophene rings is 1. The number of carbonyl (C=O) groups excluding carboxylic acids is 1. The minimum Gasteiger partial charge on any atom is -0.390 e. The number of hydrogen-bond donors (Lipinski definition) is 3. The van der Waals surface area contributed by atoms with Crippen LogP contribution >= 0.6 is 11.3 Å². The monoisotopic (exact) mass is 540 g/mol. The summed E-state index contributed by atoms with van der Waals surface area (Å²) >= 11 is 1.30. The Balaban J connectivity index is 1.56. The highest BCUT2D eigenvalue weighted by Gasteiger charge is 2.35. The summed E-state index contributed by atoms with van der Waals surface area (Å²) in [6.45, 7) is 6.83. The van der Waals surface area contributed by atoms with Crippen molar-refractivity contribution in [2.24, 2.45) is 0 Å². The fourth-order valence-electron chi connectivity index (χ4n) is 5.36. The van der Waals surface area contributed by atoms with E-state index in [-0.39, 0.29) is 29.8 Å². The summed E-state index contributed by atoms with van der Waals surface area (Å²) in [5.74, 6) is -1.68. The molecule has 4 rings (SSSR count). The zero-order valence-electron chi connectivity index (χ0n) is 22.4. The van der Waals surface area contributed by atoms with Gasteiger partial charge >= 0.3 is 0 Å². The molecule has 204 valence electrons. The van der Waals surface area contributed by atoms with E-state index in [0.29, 0.717) is 10.4 Å². The van der Waals surface area contributed by atoms with E-state index >= 15 is 0 Å². The molecule has 1 fully saturated rings. The molecule has 0 aliphatic heterocycles. The predicted octanol–water partition coefficient (Wildman–Crippen LogP) is 6.48. The molecule has 38 heavy (non-hydrogen) atoms. The van der Waals surface area contributed by atoms with Crippen LogP contribution in [0.4, 0.5) is 8.78 Å². The second-order valence-corrected chi connectivity index (χ2v) is 12.4. The second-order valence-electron chi connectivity index (χ2n) is 11.5. The number of halogens is 2. The molecule has 3 N–H and O–H groups in total. The Morgan fingerprint density at radius 1 is 1.03 bits per heavy atom. The lowest BCUT2D eigenvalue weighted by Gasteiger charge is -2.41. The van der Waals surface area contributed by atoms with Gasteiger partial charge in [0.2, 0.25) is 0 Å². The first kappa shape index (κ1) is 28.4. The highest BCUT2D eigenvalue weighted by atomic mass is 32.1. The summed E-state index contributed by atoms with van der Waals surface area (Å²) in [5, 5.41) is 19.8. The summed E-state index contributed by atoms with van der Waals surface area (Å²) in [4.78, 5) is 13.4. The van der Waals surface area contributed by atoms with Gasteiger partial charge in [0, 0.05) is 18.2 Å². The maximum absolute atomic E-state index is 13.9. The van der Waals surface area contributed by atoms with Gasteiger partial charge < -0.3 is 15.7 Å². The van der Waals surface area contributed by atoms with E-state index in [2.05, 4.69) is 55.7 Å². The van der Waals surface area contributed by atoms with E-state index in [4.69, 9.17) is 0 Å². The van der Waals surface area contributed by atoms with E-state index in [9.17, 15) is 18.7 Å². The normalized spacial score (nSPS) is 17.1. The van der Waals surface area contributed by atoms with Crippen LogP contribution in [0.15, 0.2) is 60.0 Å². The summed E-state index contributed by atoms with van der Waals surface area (Å²) in [6, 6.07) is 14.8. The first-order chi connectivity index (χ1) is 18.1. The zero-order chi connectivity index (χ0) is 27.3. The average Bonchev–Trinajstić information content (AvgIpc) is 3.42. The van der Waals surface area contributed by atoms with E-state index < -0.39 is 23.8 Å². The first-order valence-electron chi connectivity index (χ1n) is 13.4. The summed E-state index contributed by atoms with van der Waals surface area (Å²) in [6.07, 6.45) is 4.38.